The molecule has 0 aromatic carbocycles. The van der Waals surface area contributed by atoms with Gasteiger partial charge in [-0.2, -0.15) is 0 Å². The third-order valence-electron chi connectivity index (χ3n) is 4.15. The Morgan fingerprint density at radius 2 is 2.26 bits per heavy atom. The molecule has 1 saturated carbocycles. The molecule has 19 heavy (non-hydrogen) atoms. The fraction of sp³-hybridized carbons (Fsp3) is 0.571. The molecule has 1 aromatic heterocycles. The Bertz CT molecular complexity index is 519. The van der Waals surface area contributed by atoms with E-state index < -0.39 is 0 Å². The van der Waals surface area contributed by atoms with E-state index in [1.165, 1.54) is 6.42 Å². The molecule has 0 saturated heterocycles. The van der Waals surface area contributed by atoms with Crippen LogP contribution in [0.2, 0.25) is 0 Å². The number of anilines is 2. The van der Waals surface area contributed by atoms with Crippen molar-refractivity contribution in [2.45, 2.75) is 43.5 Å². The maximum atomic E-state index is 11.9. The number of hydrogen-bond donors (Lipinski definition) is 1. The second-order valence-corrected chi connectivity index (χ2v) is 6.00. The Hall–Kier alpha value is -1.29. The van der Waals surface area contributed by atoms with E-state index in [2.05, 4.69) is 16.4 Å². The number of aromatic nitrogens is 1. The van der Waals surface area contributed by atoms with Crippen LogP contribution < -0.4 is 10.2 Å². The van der Waals surface area contributed by atoms with Crippen LogP contribution in [0.5, 0.6) is 0 Å². The van der Waals surface area contributed by atoms with Gasteiger partial charge in [-0.1, -0.05) is 6.42 Å². The Balaban J connectivity index is 1.96. The monoisotopic (exact) mass is 279 g/mol. The third-order valence-corrected chi connectivity index (χ3v) is 4.67. The van der Waals surface area contributed by atoms with Gasteiger partial charge in [-0.3, -0.25) is 9.78 Å². The average Bonchev–Trinajstić information content (AvgIpc) is 2.82. The molecule has 2 aliphatic rings. The van der Waals surface area contributed by atoms with E-state index in [-0.39, 0.29) is 17.3 Å². The molecular weight excluding hydrogens is 262 g/mol. The molecule has 0 radical (unpaired) electrons. The summed E-state index contributed by atoms with van der Waals surface area (Å²) in [5.74, 6) is 0.408. The van der Waals surface area contributed by atoms with E-state index in [1.807, 2.05) is 6.92 Å². The van der Waals surface area contributed by atoms with Crippen LogP contribution in [0, 0.1) is 0 Å². The Kier molecular flexibility index (Phi) is 3.13. The van der Waals surface area contributed by atoms with Gasteiger partial charge in [0.15, 0.2) is 0 Å². The molecule has 4 nitrogen and oxygen atoms in total. The number of rotatable bonds is 1. The van der Waals surface area contributed by atoms with Crippen LogP contribution in [0.15, 0.2) is 12.3 Å². The van der Waals surface area contributed by atoms with Crippen molar-refractivity contribution in [2.75, 3.05) is 17.3 Å². The van der Waals surface area contributed by atoms with Crippen LogP contribution in [0.25, 0.3) is 0 Å². The van der Waals surface area contributed by atoms with Crippen molar-refractivity contribution in [1.82, 2.24) is 4.98 Å². The molecule has 2 unspecified atom stereocenters. The lowest BCUT2D eigenvalue weighted by atomic mass is 10.0. The zero-order valence-corrected chi connectivity index (χ0v) is 11.9. The van der Waals surface area contributed by atoms with Gasteiger partial charge in [-0.05, 0) is 25.8 Å². The van der Waals surface area contributed by atoms with Crippen molar-refractivity contribution in [3.63, 3.8) is 0 Å². The second-order valence-electron chi connectivity index (χ2n) is 5.44. The molecule has 1 aliphatic carbocycles. The van der Waals surface area contributed by atoms with Crippen LogP contribution >= 0.6 is 11.6 Å². The van der Waals surface area contributed by atoms with E-state index in [9.17, 15) is 4.79 Å². The zero-order valence-electron chi connectivity index (χ0n) is 11.2. The predicted molar refractivity (Wildman–Crippen MR) is 77.0 cm³/mol. The first-order valence-corrected chi connectivity index (χ1v) is 7.19. The lowest BCUT2D eigenvalue weighted by Gasteiger charge is -2.31. The number of nitrogens with zero attached hydrogens (tertiary/aromatic N) is 2. The highest BCUT2D eigenvalue weighted by molar-refractivity contribution is 6.21. The number of amides is 1. The third kappa shape index (κ3) is 2.08. The van der Waals surface area contributed by atoms with Gasteiger partial charge >= 0.3 is 0 Å². The van der Waals surface area contributed by atoms with Crippen LogP contribution in [0.3, 0.4) is 0 Å². The first-order chi connectivity index (χ1) is 9.08. The summed E-state index contributed by atoms with van der Waals surface area (Å²) in [5.41, 5.74) is 2.87. The van der Waals surface area contributed by atoms with Gasteiger partial charge in [0.1, 0.15) is 6.04 Å². The van der Waals surface area contributed by atoms with Crippen molar-refractivity contribution in [2.24, 2.45) is 0 Å². The van der Waals surface area contributed by atoms with E-state index in [4.69, 9.17) is 11.6 Å². The van der Waals surface area contributed by atoms with Gasteiger partial charge in [0, 0.05) is 24.0 Å². The molecule has 1 amide bonds. The minimum Gasteiger partial charge on any atom is -0.372 e. The Morgan fingerprint density at radius 1 is 1.47 bits per heavy atom. The molecule has 0 spiro atoms. The van der Waals surface area contributed by atoms with Crippen molar-refractivity contribution >= 4 is 28.9 Å². The number of nitrogens with one attached hydrogen (secondary N) is 1. The van der Waals surface area contributed by atoms with E-state index in [0.717, 1.165) is 29.9 Å². The standard InChI is InChI=1S/C14H18ClN3O/c1-8-14(19)18(2)13-7-16-11(6-12(13)17-8)9-4-3-5-10(9)15/h6-10,17H,3-5H2,1-2H3/t8?,9?,10-/m0/s1. The van der Waals surface area contributed by atoms with Crippen molar-refractivity contribution in [1.29, 1.82) is 0 Å². The SMILES string of the molecule is CC1Nc2cc(C3CCC[C@@H]3Cl)ncc2N(C)C1=O. The normalized spacial score (nSPS) is 30.2. The topological polar surface area (TPSA) is 45.2 Å². The zero-order chi connectivity index (χ0) is 13.6. The van der Waals surface area contributed by atoms with Crippen molar-refractivity contribution in [3.8, 4) is 0 Å². The summed E-state index contributed by atoms with van der Waals surface area (Å²) in [4.78, 5) is 18.1. The maximum absolute atomic E-state index is 11.9. The van der Waals surface area contributed by atoms with Crippen LogP contribution in [0.1, 0.15) is 37.8 Å². The summed E-state index contributed by atoms with van der Waals surface area (Å²) in [6.07, 6.45) is 5.11. The average molecular weight is 280 g/mol. The minimum absolute atomic E-state index is 0.0677. The first kappa shape index (κ1) is 12.7. The maximum Gasteiger partial charge on any atom is 0.249 e. The summed E-state index contributed by atoms with van der Waals surface area (Å²) in [6.45, 7) is 1.88. The predicted octanol–water partition coefficient (Wildman–Crippen LogP) is 2.73. The van der Waals surface area contributed by atoms with Gasteiger partial charge in [0.05, 0.1) is 17.6 Å². The van der Waals surface area contributed by atoms with Gasteiger partial charge < -0.3 is 10.2 Å². The molecule has 3 atom stereocenters. The highest BCUT2D eigenvalue weighted by Gasteiger charge is 2.31. The highest BCUT2D eigenvalue weighted by atomic mass is 35.5. The molecule has 0 bridgehead atoms. The van der Waals surface area contributed by atoms with E-state index >= 15 is 0 Å². The number of pyridine rings is 1. The first-order valence-electron chi connectivity index (χ1n) is 6.76. The number of hydrogen-bond acceptors (Lipinski definition) is 3. The summed E-state index contributed by atoms with van der Waals surface area (Å²) >= 11 is 6.35. The highest BCUT2D eigenvalue weighted by Crippen LogP contribution is 2.40. The summed E-state index contributed by atoms with van der Waals surface area (Å²) < 4.78 is 0. The molecule has 3 rings (SSSR count). The van der Waals surface area contributed by atoms with Crippen LogP contribution in [-0.4, -0.2) is 29.4 Å². The van der Waals surface area contributed by atoms with Crippen LogP contribution in [0.4, 0.5) is 11.4 Å². The molecule has 1 aliphatic heterocycles. The van der Waals surface area contributed by atoms with E-state index in [1.54, 1.807) is 18.1 Å². The number of fused-ring (bicyclic) bond motifs is 1. The number of alkyl halides is 1. The molecule has 5 heteroatoms. The second kappa shape index (κ2) is 4.67. The van der Waals surface area contributed by atoms with Gasteiger partial charge in [-0.15, -0.1) is 11.6 Å². The number of carbonyl (C=O) groups excluding carboxylic acids is 1. The molecule has 1 N–H and O–H groups in total. The lowest BCUT2D eigenvalue weighted by molar-refractivity contribution is -0.118. The summed E-state index contributed by atoms with van der Waals surface area (Å²) in [5, 5.41) is 3.43. The number of halogens is 1. The lowest BCUT2D eigenvalue weighted by Crippen LogP contribution is -2.43. The minimum atomic E-state index is -0.192. The van der Waals surface area contributed by atoms with Gasteiger partial charge in [0.25, 0.3) is 0 Å². The molecule has 1 fully saturated rings. The quantitative estimate of drug-likeness (QED) is 0.804. The van der Waals surface area contributed by atoms with Gasteiger partial charge in [0.2, 0.25) is 5.91 Å². The summed E-state index contributed by atoms with van der Waals surface area (Å²) in [6, 6.07) is 1.86. The molecule has 102 valence electrons. The Labute approximate surface area is 118 Å². The Morgan fingerprint density at radius 3 is 2.95 bits per heavy atom. The van der Waals surface area contributed by atoms with Crippen molar-refractivity contribution in [3.05, 3.63) is 18.0 Å². The number of likely N-dealkylation sites (N-methyl/N-ethyl adjacent to an activating group) is 1. The molecule has 2 heterocycles. The molecule has 1 aromatic rings. The largest absolute Gasteiger partial charge is 0.372 e. The van der Waals surface area contributed by atoms with Crippen LogP contribution in [-0.2, 0) is 4.79 Å². The fourth-order valence-corrected chi connectivity index (χ4v) is 3.41. The number of carbonyl (C=O) groups is 1. The fourth-order valence-electron chi connectivity index (χ4n) is 3.00. The van der Waals surface area contributed by atoms with Crippen molar-refractivity contribution < 1.29 is 4.79 Å². The summed E-state index contributed by atoms with van der Waals surface area (Å²) in [7, 11) is 1.79. The smallest absolute Gasteiger partial charge is 0.249 e. The molecular formula is C14H18ClN3O. The van der Waals surface area contributed by atoms with Gasteiger partial charge in [-0.25, -0.2) is 0 Å². The van der Waals surface area contributed by atoms with E-state index in [0.29, 0.717) is 5.92 Å².